The molecule has 0 aromatic rings. The summed E-state index contributed by atoms with van der Waals surface area (Å²) >= 11 is 0. The molecule has 0 aromatic carbocycles. The molecule has 3 heterocycles. The summed E-state index contributed by atoms with van der Waals surface area (Å²) < 4.78 is 72.0. The van der Waals surface area contributed by atoms with Crippen molar-refractivity contribution >= 4 is 41.9 Å². The van der Waals surface area contributed by atoms with E-state index in [1.165, 1.54) is 4.90 Å². The second kappa shape index (κ2) is 25.7. The first-order valence-electron chi connectivity index (χ1n) is 25.7. The fourth-order valence-corrected chi connectivity index (χ4v) is 12.4. The van der Waals surface area contributed by atoms with E-state index in [9.17, 15) is 32.7 Å². The second-order valence-electron chi connectivity index (χ2n) is 22.4. The molecule has 4 aliphatic rings. The van der Waals surface area contributed by atoms with Gasteiger partial charge in [0.05, 0.1) is 50.0 Å². The van der Waals surface area contributed by atoms with Gasteiger partial charge in [0.1, 0.15) is 24.0 Å². The zero-order chi connectivity index (χ0) is 52.5. The molecule has 0 spiro atoms. The number of hydrogen-bond donors (Lipinski definition) is 1. The highest BCUT2D eigenvalue weighted by atomic mass is 32.2. The number of esters is 1. The van der Waals surface area contributed by atoms with Gasteiger partial charge in [0, 0.05) is 52.0 Å². The van der Waals surface area contributed by atoms with E-state index in [0.29, 0.717) is 51.4 Å². The number of amides is 1. The first-order valence-corrected chi connectivity index (χ1v) is 30.4. The second-order valence-corrected chi connectivity index (χ2v) is 28.8. The predicted molar refractivity (Wildman–Crippen MR) is 269 cm³/mol. The first kappa shape index (κ1) is 60.2. The summed E-state index contributed by atoms with van der Waals surface area (Å²) in [5, 5.41) is 12.0. The van der Waals surface area contributed by atoms with Crippen LogP contribution in [0.25, 0.3) is 0 Å². The van der Waals surface area contributed by atoms with Crippen molar-refractivity contribution in [3.63, 3.8) is 0 Å². The van der Waals surface area contributed by atoms with Crippen molar-refractivity contribution in [2.45, 2.75) is 206 Å². The minimum atomic E-state index is -3.61. The van der Waals surface area contributed by atoms with Gasteiger partial charge < -0.3 is 42.9 Å². The van der Waals surface area contributed by atoms with Crippen molar-refractivity contribution < 1.29 is 69.7 Å². The van der Waals surface area contributed by atoms with E-state index in [1.807, 2.05) is 27.7 Å². The van der Waals surface area contributed by atoms with Crippen LogP contribution in [0.5, 0.6) is 0 Å². The molecular formula is C52H89NO15SSi. The lowest BCUT2D eigenvalue weighted by atomic mass is 9.81. The van der Waals surface area contributed by atoms with Crippen molar-refractivity contribution in [1.29, 1.82) is 0 Å². The fourth-order valence-electron chi connectivity index (χ4n) is 10.6. The molecule has 4 rings (SSSR count). The number of fused-ring (bicyclic) bond motifs is 3. The monoisotopic (exact) mass is 1030 g/mol. The molecule has 3 fully saturated rings. The van der Waals surface area contributed by atoms with E-state index < -0.39 is 96.2 Å². The first-order chi connectivity index (χ1) is 32.6. The van der Waals surface area contributed by atoms with Crippen LogP contribution in [0.15, 0.2) is 23.3 Å². The minimum absolute atomic E-state index is 0.0233. The number of piperidine rings is 1. The Morgan fingerprint density at radius 2 is 1.54 bits per heavy atom. The van der Waals surface area contributed by atoms with Crippen LogP contribution < -0.4 is 0 Å². The molecule has 1 aliphatic carbocycles. The number of aliphatic hydroxyl groups is 1. The largest absolute Gasteiger partial charge is 0.456 e. The molecular weight excluding hydrogens is 939 g/mol. The average molecular weight is 1030 g/mol. The Balaban J connectivity index is 1.84. The summed E-state index contributed by atoms with van der Waals surface area (Å²) in [6.07, 6.45) is 6.09. The summed E-state index contributed by atoms with van der Waals surface area (Å²) in [5.74, 6) is -7.18. The predicted octanol–water partition coefficient (Wildman–Crippen LogP) is 7.50. The van der Waals surface area contributed by atoms with E-state index in [2.05, 4.69) is 52.9 Å². The van der Waals surface area contributed by atoms with Crippen LogP contribution in [0, 0.1) is 29.6 Å². The highest BCUT2D eigenvalue weighted by molar-refractivity contribution is 7.85. The maximum absolute atomic E-state index is 14.9. The average Bonchev–Trinajstić information content (AvgIpc) is 3.29. The molecule has 14 unspecified atom stereocenters. The number of hydrogen-bond acceptors (Lipinski definition) is 15. The maximum atomic E-state index is 14.9. The lowest BCUT2D eigenvalue weighted by molar-refractivity contribution is -0.302. The molecule has 16 nitrogen and oxygen atoms in total. The molecule has 1 saturated carbocycles. The summed E-state index contributed by atoms with van der Waals surface area (Å²) in [4.78, 5) is 60.0. The summed E-state index contributed by atoms with van der Waals surface area (Å²) in [6.45, 7) is 22.4. The van der Waals surface area contributed by atoms with Crippen molar-refractivity contribution in [2.24, 2.45) is 29.6 Å². The molecule has 3 aliphatic heterocycles. The van der Waals surface area contributed by atoms with Gasteiger partial charge in [-0.3, -0.25) is 18.6 Å². The van der Waals surface area contributed by atoms with Crippen molar-refractivity contribution in [3.8, 4) is 0 Å². The molecule has 1 amide bonds. The van der Waals surface area contributed by atoms with Gasteiger partial charge in [0.15, 0.2) is 8.32 Å². The number of nitrogens with zero attached hydrogens (tertiary/aromatic N) is 1. The van der Waals surface area contributed by atoms with Crippen LogP contribution in [0.3, 0.4) is 0 Å². The summed E-state index contributed by atoms with van der Waals surface area (Å²) in [7, 11) is -1.48. The highest BCUT2D eigenvalue weighted by Gasteiger charge is 2.57. The standard InChI is InChI=1S/C52H89NO15SSi/c1-16-38-26-32(2)25-33(3)27-44(62-11)47-45(63-12)29-35(5)52(58,67-47)48(55)49(56)53-22-18-17-19-39(53)50(57)66-46(36(6)42(31-40(38)54)68-70(14,15)51(7,8)9)34(4)28-37-20-21-41(43(30-37)61-10)64-23-24-65-69(13,59)60/h26,28,33,35-39,41-47,58H,16-25,27,29-31H2,1-15H3. The molecule has 1 N–H and O–H groups in total. The number of Topliss-reactive ketones (excluding diaryl/α,β-unsaturated/α-hetero) is 2. The number of carbonyl (C=O) groups is 4. The molecule has 70 heavy (non-hydrogen) atoms. The van der Waals surface area contributed by atoms with Gasteiger partial charge in [-0.05, 0) is 114 Å². The van der Waals surface area contributed by atoms with Gasteiger partial charge in [-0.1, -0.05) is 66.2 Å². The molecule has 2 bridgehead atoms. The van der Waals surface area contributed by atoms with Gasteiger partial charge in [-0.15, -0.1) is 0 Å². The van der Waals surface area contributed by atoms with E-state index >= 15 is 0 Å². The third-order valence-electron chi connectivity index (χ3n) is 15.8. The van der Waals surface area contributed by atoms with E-state index in [1.54, 1.807) is 28.3 Å². The fraction of sp³-hybridized carbons (Fsp3) is 0.846. The Kier molecular flexibility index (Phi) is 22.1. The molecule has 0 aromatic heterocycles. The van der Waals surface area contributed by atoms with Crippen LogP contribution in [0.4, 0.5) is 0 Å². The Bertz CT molecular complexity index is 1950. The number of allylic oxidation sites excluding steroid dienone is 3. The molecule has 0 radical (unpaired) electrons. The summed E-state index contributed by atoms with van der Waals surface area (Å²) in [5.41, 5.74) is 1.77. The molecule has 2 saturated heterocycles. The third-order valence-corrected chi connectivity index (χ3v) is 20.9. The van der Waals surface area contributed by atoms with E-state index in [4.69, 9.17) is 37.0 Å². The summed E-state index contributed by atoms with van der Waals surface area (Å²) in [6, 6.07) is -1.14. The van der Waals surface area contributed by atoms with Crippen LogP contribution in [0.2, 0.25) is 18.1 Å². The van der Waals surface area contributed by atoms with Crippen LogP contribution >= 0.6 is 0 Å². The number of carbonyl (C=O) groups excluding carboxylic acids is 4. The number of ketones is 2. The van der Waals surface area contributed by atoms with Crippen LogP contribution in [0.1, 0.15) is 133 Å². The van der Waals surface area contributed by atoms with Crippen molar-refractivity contribution in [2.75, 3.05) is 47.3 Å². The van der Waals surface area contributed by atoms with Crippen molar-refractivity contribution in [1.82, 2.24) is 4.90 Å². The van der Waals surface area contributed by atoms with E-state index in [-0.39, 0.29) is 73.9 Å². The number of cyclic esters (lactones) is 1. The number of ether oxygens (including phenoxy) is 6. The zero-order valence-corrected chi connectivity index (χ0v) is 46.9. The quantitative estimate of drug-likeness (QED) is 0.0475. The van der Waals surface area contributed by atoms with Gasteiger partial charge in [0.2, 0.25) is 5.79 Å². The van der Waals surface area contributed by atoms with Gasteiger partial charge in [-0.25, -0.2) is 4.79 Å². The van der Waals surface area contributed by atoms with Gasteiger partial charge in [-0.2, -0.15) is 8.42 Å². The van der Waals surface area contributed by atoms with Gasteiger partial charge in [0.25, 0.3) is 21.8 Å². The zero-order valence-electron chi connectivity index (χ0n) is 45.1. The lowest BCUT2D eigenvalue weighted by Crippen LogP contribution is -2.64. The van der Waals surface area contributed by atoms with Crippen LogP contribution in [-0.4, -0.2) is 152 Å². The van der Waals surface area contributed by atoms with Crippen molar-refractivity contribution in [3.05, 3.63) is 23.3 Å². The Labute approximate surface area is 420 Å². The Morgan fingerprint density at radius 3 is 2.14 bits per heavy atom. The third kappa shape index (κ3) is 15.6. The topological polar surface area (TPSA) is 200 Å². The molecule has 18 heteroatoms. The Morgan fingerprint density at radius 1 is 0.900 bits per heavy atom. The minimum Gasteiger partial charge on any atom is -0.456 e. The Hall–Kier alpha value is -2.39. The maximum Gasteiger partial charge on any atom is 0.329 e. The van der Waals surface area contributed by atoms with E-state index in [0.717, 1.165) is 17.4 Å². The highest BCUT2D eigenvalue weighted by Crippen LogP contribution is 2.42. The lowest BCUT2D eigenvalue weighted by Gasteiger charge is -2.47. The number of methoxy groups -OCH3 is 3. The number of rotatable bonds is 13. The van der Waals surface area contributed by atoms with Crippen LogP contribution in [-0.2, 0) is 66.3 Å². The SMILES string of the molecule is CCC1C=C(C)CC(C)CC(OC)C2OC(O)(C(=O)C(=O)N3CCCCC3C(=O)OC(C(C)=CC3CCC(OCCOS(C)(=O)=O)C(OC)C3)C(C)C(O[Si](C)(C)C(C)(C)C)CC1=O)C(C)CC2OC. The smallest absolute Gasteiger partial charge is 0.329 e. The molecule has 14 atom stereocenters. The molecule has 402 valence electrons. The normalized spacial score (nSPS) is 35.7. The van der Waals surface area contributed by atoms with Gasteiger partial charge >= 0.3 is 5.97 Å².